The molecule has 15 heteroatoms. The molecular formula is C22H15F7N6O2. The van der Waals surface area contributed by atoms with E-state index in [4.69, 9.17) is 0 Å². The number of nitrogens with zero attached hydrogens (tertiary/aromatic N) is 4. The Balaban J connectivity index is 1.56. The molecular weight excluding hydrogens is 513 g/mol. The summed E-state index contributed by atoms with van der Waals surface area (Å²) >= 11 is 0. The number of nitriles is 1. The van der Waals surface area contributed by atoms with Gasteiger partial charge in [-0.3, -0.25) is 9.59 Å². The van der Waals surface area contributed by atoms with Crippen LogP contribution in [-0.2, 0) is 18.9 Å². The van der Waals surface area contributed by atoms with Crippen LogP contribution in [0.3, 0.4) is 0 Å². The number of aromatic nitrogens is 3. The second-order valence-electron chi connectivity index (χ2n) is 7.47. The summed E-state index contributed by atoms with van der Waals surface area (Å²) in [4.78, 5) is 24.4. The van der Waals surface area contributed by atoms with E-state index in [0.29, 0.717) is 12.1 Å². The second kappa shape index (κ2) is 10.6. The Morgan fingerprint density at radius 2 is 1.59 bits per heavy atom. The van der Waals surface area contributed by atoms with Gasteiger partial charge in [0.05, 0.1) is 35.5 Å². The van der Waals surface area contributed by atoms with Crippen molar-refractivity contribution in [2.24, 2.45) is 0 Å². The monoisotopic (exact) mass is 528 g/mol. The van der Waals surface area contributed by atoms with Crippen molar-refractivity contribution < 1.29 is 40.3 Å². The number of rotatable bonds is 7. The molecule has 37 heavy (non-hydrogen) atoms. The average Bonchev–Trinajstić information content (AvgIpc) is 3.30. The van der Waals surface area contributed by atoms with E-state index in [-0.39, 0.29) is 30.4 Å². The maximum atomic E-state index is 13.9. The highest BCUT2D eigenvalue weighted by molar-refractivity contribution is 5.94. The Hall–Kier alpha value is -4.48. The lowest BCUT2D eigenvalue weighted by atomic mass is 10.1. The normalized spacial score (nSPS) is 12.5. The first-order valence-corrected chi connectivity index (χ1v) is 10.2. The molecule has 2 N–H and O–H groups in total. The zero-order valence-corrected chi connectivity index (χ0v) is 18.4. The van der Waals surface area contributed by atoms with Gasteiger partial charge in [-0.05, 0) is 35.9 Å². The minimum absolute atomic E-state index is 0.0607. The van der Waals surface area contributed by atoms with Crippen LogP contribution in [0, 0.1) is 17.1 Å². The fraction of sp³-hybridized carbons (Fsp3) is 0.227. The molecule has 2 amide bonds. The van der Waals surface area contributed by atoms with Crippen molar-refractivity contribution in [3.05, 3.63) is 82.4 Å². The third-order valence-electron chi connectivity index (χ3n) is 4.91. The van der Waals surface area contributed by atoms with E-state index in [0.717, 1.165) is 35.1 Å². The summed E-state index contributed by atoms with van der Waals surface area (Å²) in [5.41, 5.74) is -2.90. The minimum Gasteiger partial charge on any atom is -0.350 e. The quantitative estimate of drug-likeness (QED) is 0.452. The summed E-state index contributed by atoms with van der Waals surface area (Å²) in [6.45, 7) is -0.217. The van der Waals surface area contributed by atoms with Crippen molar-refractivity contribution in [3.63, 3.8) is 0 Å². The smallest absolute Gasteiger partial charge is 0.350 e. The second-order valence-corrected chi connectivity index (χ2v) is 7.47. The van der Waals surface area contributed by atoms with Gasteiger partial charge in [0.15, 0.2) is 5.69 Å². The molecule has 3 aromatic rings. The van der Waals surface area contributed by atoms with E-state index in [2.05, 4.69) is 20.9 Å². The van der Waals surface area contributed by atoms with Crippen molar-refractivity contribution in [1.29, 1.82) is 5.26 Å². The topological polar surface area (TPSA) is 113 Å². The molecule has 2 aromatic carbocycles. The highest BCUT2D eigenvalue weighted by atomic mass is 19.4. The summed E-state index contributed by atoms with van der Waals surface area (Å²) in [5.74, 6) is -3.18. The third kappa shape index (κ3) is 6.81. The van der Waals surface area contributed by atoms with E-state index in [1.54, 1.807) is 6.07 Å². The lowest BCUT2D eigenvalue weighted by molar-refractivity contribution is -0.138. The zero-order valence-electron chi connectivity index (χ0n) is 18.4. The Bertz CT molecular complexity index is 1330. The third-order valence-corrected chi connectivity index (χ3v) is 4.91. The molecule has 0 bridgehead atoms. The summed E-state index contributed by atoms with van der Waals surface area (Å²) in [6, 6.07) is 5.59. The zero-order chi connectivity index (χ0) is 27.4. The fourth-order valence-corrected chi connectivity index (χ4v) is 3.03. The fourth-order valence-electron chi connectivity index (χ4n) is 3.03. The molecule has 1 atom stereocenters. The van der Waals surface area contributed by atoms with Crippen LogP contribution in [0.4, 0.5) is 30.7 Å². The Kier molecular flexibility index (Phi) is 7.80. The number of hydrogen-bond acceptors (Lipinski definition) is 5. The summed E-state index contributed by atoms with van der Waals surface area (Å²) in [6.07, 6.45) is -8.17. The predicted octanol–water partition coefficient (Wildman–Crippen LogP) is 3.88. The summed E-state index contributed by atoms with van der Waals surface area (Å²) < 4.78 is 91.0. The molecule has 0 aliphatic rings. The Labute approximate surface area is 203 Å². The van der Waals surface area contributed by atoms with Crippen LogP contribution in [0.25, 0.3) is 0 Å². The minimum atomic E-state index is -4.77. The van der Waals surface area contributed by atoms with E-state index in [9.17, 15) is 45.6 Å². The standard InChI is InChI=1S/C22H15F7N6O2/c23-16-9-14(22(27,28)29)5-6-15(16)19(36)31-7-8-35-11-18(33-34-35)20(37)32-17(10-30)12-1-3-13(4-2-12)21(24,25)26/h1-6,9,11,17H,7-8H2,(H,31,36)(H,32,37). The predicted molar refractivity (Wildman–Crippen MR) is 111 cm³/mol. The first-order chi connectivity index (χ1) is 17.3. The molecule has 0 saturated carbocycles. The van der Waals surface area contributed by atoms with Gasteiger partial charge in [-0.2, -0.15) is 31.6 Å². The number of carbonyl (C=O) groups is 2. The maximum Gasteiger partial charge on any atom is 0.416 e. The maximum absolute atomic E-state index is 13.9. The van der Waals surface area contributed by atoms with Gasteiger partial charge in [0, 0.05) is 6.54 Å². The molecule has 0 saturated heterocycles. The molecule has 0 aliphatic heterocycles. The number of nitrogens with one attached hydrogen (secondary N) is 2. The highest BCUT2D eigenvalue weighted by Crippen LogP contribution is 2.31. The number of amides is 2. The molecule has 0 fully saturated rings. The van der Waals surface area contributed by atoms with Gasteiger partial charge < -0.3 is 10.6 Å². The molecule has 3 rings (SSSR count). The van der Waals surface area contributed by atoms with E-state index < -0.39 is 52.7 Å². The summed E-state index contributed by atoms with van der Waals surface area (Å²) in [5, 5.41) is 21.2. The van der Waals surface area contributed by atoms with Gasteiger partial charge in [0.2, 0.25) is 0 Å². The highest BCUT2D eigenvalue weighted by Gasteiger charge is 2.32. The van der Waals surface area contributed by atoms with Gasteiger partial charge in [-0.15, -0.1) is 5.10 Å². The van der Waals surface area contributed by atoms with Crippen LogP contribution in [0.5, 0.6) is 0 Å². The van der Waals surface area contributed by atoms with Crippen LogP contribution >= 0.6 is 0 Å². The van der Waals surface area contributed by atoms with Gasteiger partial charge in [0.25, 0.3) is 11.8 Å². The van der Waals surface area contributed by atoms with Crippen LogP contribution in [0.15, 0.2) is 48.7 Å². The largest absolute Gasteiger partial charge is 0.416 e. The molecule has 8 nitrogen and oxygen atoms in total. The van der Waals surface area contributed by atoms with Crippen LogP contribution < -0.4 is 10.6 Å². The first-order valence-electron chi connectivity index (χ1n) is 10.2. The molecule has 0 aliphatic carbocycles. The van der Waals surface area contributed by atoms with E-state index >= 15 is 0 Å². The van der Waals surface area contributed by atoms with E-state index in [1.165, 1.54) is 0 Å². The summed E-state index contributed by atoms with van der Waals surface area (Å²) in [7, 11) is 0. The van der Waals surface area contributed by atoms with Crippen LogP contribution in [0.2, 0.25) is 0 Å². The van der Waals surface area contributed by atoms with Crippen LogP contribution in [0.1, 0.15) is 43.6 Å². The lowest BCUT2D eigenvalue weighted by Crippen LogP contribution is -2.28. The van der Waals surface area contributed by atoms with E-state index in [1.807, 2.05) is 0 Å². The van der Waals surface area contributed by atoms with Gasteiger partial charge in [0.1, 0.15) is 11.9 Å². The van der Waals surface area contributed by atoms with Crippen molar-refractivity contribution in [3.8, 4) is 6.07 Å². The molecule has 1 unspecified atom stereocenters. The lowest BCUT2D eigenvalue weighted by Gasteiger charge is -2.12. The number of alkyl halides is 6. The Morgan fingerprint density at radius 3 is 2.16 bits per heavy atom. The van der Waals surface area contributed by atoms with Gasteiger partial charge >= 0.3 is 12.4 Å². The number of benzene rings is 2. The van der Waals surface area contributed by atoms with Crippen molar-refractivity contribution >= 4 is 11.8 Å². The van der Waals surface area contributed by atoms with Gasteiger partial charge in [-0.25, -0.2) is 9.07 Å². The average molecular weight is 528 g/mol. The van der Waals surface area contributed by atoms with Crippen molar-refractivity contribution in [2.75, 3.05) is 6.54 Å². The molecule has 194 valence electrons. The Morgan fingerprint density at radius 1 is 0.973 bits per heavy atom. The molecule has 1 aromatic heterocycles. The number of halogens is 7. The van der Waals surface area contributed by atoms with Gasteiger partial charge in [-0.1, -0.05) is 17.3 Å². The SMILES string of the molecule is N#CC(NC(=O)c1cn(CCNC(=O)c2ccc(C(F)(F)F)cc2F)nn1)c1ccc(C(F)(F)F)cc1. The molecule has 0 spiro atoms. The molecule has 1 heterocycles. The van der Waals surface area contributed by atoms with Crippen LogP contribution in [-0.4, -0.2) is 33.4 Å². The first kappa shape index (κ1) is 27.1. The number of hydrogen-bond donors (Lipinski definition) is 2. The molecule has 0 radical (unpaired) electrons. The number of carbonyl (C=O) groups excluding carboxylic acids is 2. The van der Waals surface area contributed by atoms with Crippen molar-refractivity contribution in [2.45, 2.75) is 24.9 Å². The van der Waals surface area contributed by atoms with Crippen molar-refractivity contribution in [1.82, 2.24) is 25.6 Å².